The van der Waals surface area contributed by atoms with Crippen LogP contribution < -0.4 is 0 Å². The predicted molar refractivity (Wildman–Crippen MR) is 87.5 cm³/mol. The van der Waals surface area contributed by atoms with Gasteiger partial charge in [0.05, 0.1) is 5.56 Å². The first kappa shape index (κ1) is 15.8. The summed E-state index contributed by atoms with van der Waals surface area (Å²) in [5, 5.41) is 0. The quantitative estimate of drug-likeness (QED) is 0.642. The van der Waals surface area contributed by atoms with Gasteiger partial charge in [0.2, 0.25) is 0 Å². The average molecular weight is 284 g/mol. The van der Waals surface area contributed by atoms with Crippen LogP contribution in [0, 0.1) is 29.5 Å². The first-order valence-electron chi connectivity index (χ1n) is 8.19. The van der Waals surface area contributed by atoms with E-state index in [0.717, 1.165) is 17.9 Å². The van der Waals surface area contributed by atoms with Crippen molar-refractivity contribution in [1.82, 2.24) is 0 Å². The summed E-state index contributed by atoms with van der Waals surface area (Å²) in [6.07, 6.45) is 11.5. The molecule has 1 fully saturated rings. The molecule has 112 valence electrons. The van der Waals surface area contributed by atoms with Gasteiger partial charge in [0, 0.05) is 0 Å². The summed E-state index contributed by atoms with van der Waals surface area (Å²) in [5.41, 5.74) is 1.51. The Morgan fingerprint density at radius 1 is 1.19 bits per heavy atom. The van der Waals surface area contributed by atoms with Crippen LogP contribution in [0.25, 0.3) is 0 Å². The van der Waals surface area contributed by atoms with Crippen LogP contribution in [0.5, 0.6) is 0 Å². The molecule has 0 nitrogen and oxygen atoms in total. The van der Waals surface area contributed by atoms with Crippen molar-refractivity contribution < 1.29 is 4.39 Å². The summed E-state index contributed by atoms with van der Waals surface area (Å²) in [5.74, 6) is 7.27. The lowest BCUT2D eigenvalue weighted by molar-refractivity contribution is 0.304. The molecule has 0 amide bonds. The highest BCUT2D eigenvalue weighted by Crippen LogP contribution is 2.31. The third-order valence-corrected chi connectivity index (χ3v) is 4.57. The molecule has 0 spiro atoms. The molecular weight excluding hydrogens is 259 g/mol. The van der Waals surface area contributed by atoms with Gasteiger partial charge in [-0.2, -0.15) is 0 Å². The maximum atomic E-state index is 13.8. The zero-order valence-corrected chi connectivity index (χ0v) is 13.2. The van der Waals surface area contributed by atoms with E-state index in [1.165, 1.54) is 32.1 Å². The van der Waals surface area contributed by atoms with Gasteiger partial charge in [-0.05, 0) is 67.7 Å². The van der Waals surface area contributed by atoms with Gasteiger partial charge in [0.15, 0.2) is 0 Å². The van der Waals surface area contributed by atoms with Gasteiger partial charge in [-0.1, -0.05) is 44.3 Å². The highest BCUT2D eigenvalue weighted by molar-refractivity contribution is 5.39. The van der Waals surface area contributed by atoms with E-state index in [0.29, 0.717) is 11.5 Å². The van der Waals surface area contributed by atoms with E-state index in [2.05, 4.69) is 24.8 Å². The second kappa shape index (κ2) is 8.03. The molecule has 0 radical (unpaired) electrons. The van der Waals surface area contributed by atoms with E-state index in [1.54, 1.807) is 12.1 Å². The fraction of sp³-hybridized carbons (Fsp3) is 0.500. The van der Waals surface area contributed by atoms with Gasteiger partial charge in [-0.3, -0.25) is 0 Å². The minimum atomic E-state index is -0.210. The number of halogens is 1. The molecule has 1 aromatic rings. The maximum absolute atomic E-state index is 13.8. The van der Waals surface area contributed by atoms with Gasteiger partial charge in [0.25, 0.3) is 0 Å². The molecule has 1 saturated carbocycles. The number of benzene rings is 1. The van der Waals surface area contributed by atoms with Gasteiger partial charge in [-0.15, -0.1) is 0 Å². The fourth-order valence-corrected chi connectivity index (χ4v) is 2.97. The van der Waals surface area contributed by atoms with Crippen LogP contribution in [-0.4, -0.2) is 0 Å². The Bertz CT molecular complexity index is 537. The summed E-state index contributed by atoms with van der Waals surface area (Å²) < 4.78 is 13.8. The molecule has 1 aromatic carbocycles. The van der Waals surface area contributed by atoms with E-state index in [-0.39, 0.29) is 5.82 Å². The SMILES string of the molecule is CCc1ccc(C#C/C=C/[C@H]2CC[C@H](CC)CC2)c(F)c1. The van der Waals surface area contributed by atoms with Crippen LogP contribution in [0.1, 0.15) is 57.1 Å². The van der Waals surface area contributed by atoms with Crippen LogP contribution in [-0.2, 0) is 6.42 Å². The van der Waals surface area contributed by atoms with Crippen molar-refractivity contribution in [3.05, 3.63) is 47.3 Å². The van der Waals surface area contributed by atoms with Crippen LogP contribution in [0.15, 0.2) is 30.4 Å². The third-order valence-electron chi connectivity index (χ3n) is 4.57. The summed E-state index contributed by atoms with van der Waals surface area (Å²) >= 11 is 0. The Hall–Kier alpha value is -1.55. The molecule has 0 heterocycles. The van der Waals surface area contributed by atoms with Crippen LogP contribution >= 0.6 is 0 Å². The van der Waals surface area contributed by atoms with Crippen molar-refractivity contribution >= 4 is 0 Å². The van der Waals surface area contributed by atoms with Gasteiger partial charge in [0.1, 0.15) is 5.82 Å². The molecule has 1 heteroatoms. The number of rotatable bonds is 3. The van der Waals surface area contributed by atoms with Crippen molar-refractivity contribution in [3.8, 4) is 11.8 Å². The molecule has 2 rings (SSSR count). The predicted octanol–water partition coefficient (Wildman–Crippen LogP) is 5.51. The first-order valence-corrected chi connectivity index (χ1v) is 8.19. The summed E-state index contributed by atoms with van der Waals surface area (Å²) in [4.78, 5) is 0. The minimum absolute atomic E-state index is 0.210. The van der Waals surface area contributed by atoms with E-state index < -0.39 is 0 Å². The van der Waals surface area contributed by atoms with Crippen LogP contribution in [0.4, 0.5) is 4.39 Å². The van der Waals surface area contributed by atoms with Crippen molar-refractivity contribution in [1.29, 1.82) is 0 Å². The molecule has 0 unspecified atom stereocenters. The Morgan fingerprint density at radius 2 is 1.95 bits per heavy atom. The number of allylic oxidation sites excluding steroid dienone is 2. The summed E-state index contributed by atoms with van der Waals surface area (Å²) in [7, 11) is 0. The van der Waals surface area contributed by atoms with Crippen LogP contribution in [0.3, 0.4) is 0 Å². The zero-order valence-electron chi connectivity index (χ0n) is 13.2. The second-order valence-electron chi connectivity index (χ2n) is 5.99. The highest BCUT2D eigenvalue weighted by Gasteiger charge is 2.17. The van der Waals surface area contributed by atoms with Gasteiger partial charge in [-0.25, -0.2) is 4.39 Å². The first-order chi connectivity index (χ1) is 10.2. The average Bonchev–Trinajstić information content (AvgIpc) is 2.53. The van der Waals surface area contributed by atoms with Crippen molar-refractivity contribution in [3.63, 3.8) is 0 Å². The molecule has 0 aromatic heterocycles. The topological polar surface area (TPSA) is 0 Å². The molecule has 0 N–H and O–H groups in total. The fourth-order valence-electron chi connectivity index (χ4n) is 2.97. The molecular formula is C20H25F. The maximum Gasteiger partial charge on any atom is 0.139 e. The van der Waals surface area contributed by atoms with E-state index in [1.807, 2.05) is 19.1 Å². The Morgan fingerprint density at radius 3 is 2.57 bits per heavy atom. The molecule has 1 aliphatic rings. The molecule has 1 aliphatic carbocycles. The van der Waals surface area contributed by atoms with Crippen LogP contribution in [0.2, 0.25) is 0 Å². The largest absolute Gasteiger partial charge is 0.206 e. The van der Waals surface area contributed by atoms with Crippen molar-refractivity contribution in [2.75, 3.05) is 0 Å². The minimum Gasteiger partial charge on any atom is -0.206 e. The Kier molecular flexibility index (Phi) is 6.05. The van der Waals surface area contributed by atoms with Crippen molar-refractivity contribution in [2.24, 2.45) is 11.8 Å². The molecule has 0 aliphatic heterocycles. The van der Waals surface area contributed by atoms with E-state index >= 15 is 0 Å². The monoisotopic (exact) mass is 284 g/mol. The number of hydrogen-bond donors (Lipinski definition) is 0. The lowest BCUT2D eigenvalue weighted by Gasteiger charge is -2.25. The van der Waals surface area contributed by atoms with Gasteiger partial charge < -0.3 is 0 Å². The van der Waals surface area contributed by atoms with Gasteiger partial charge >= 0.3 is 0 Å². The summed E-state index contributed by atoms with van der Waals surface area (Å²) in [6, 6.07) is 5.31. The number of aryl methyl sites for hydroxylation is 1. The molecule has 0 atom stereocenters. The molecule has 21 heavy (non-hydrogen) atoms. The van der Waals surface area contributed by atoms with E-state index in [4.69, 9.17) is 0 Å². The van der Waals surface area contributed by atoms with Crippen molar-refractivity contribution in [2.45, 2.75) is 52.4 Å². The number of hydrogen-bond acceptors (Lipinski definition) is 0. The Balaban J connectivity index is 1.90. The molecule has 0 saturated heterocycles. The molecule has 0 bridgehead atoms. The smallest absolute Gasteiger partial charge is 0.139 e. The highest BCUT2D eigenvalue weighted by atomic mass is 19.1. The lowest BCUT2D eigenvalue weighted by Crippen LogP contribution is -2.11. The lowest BCUT2D eigenvalue weighted by atomic mass is 9.81. The third kappa shape index (κ3) is 4.74. The van der Waals surface area contributed by atoms with E-state index in [9.17, 15) is 4.39 Å². The zero-order chi connectivity index (χ0) is 15.1. The normalized spacial score (nSPS) is 22.0. The summed E-state index contributed by atoms with van der Waals surface area (Å²) in [6.45, 7) is 4.31. The Labute approximate surface area is 128 Å². The standard InChI is InChI=1S/C20H25F/c1-3-16-9-11-18(12-10-16)7-5-6-8-19-14-13-17(4-2)15-20(19)21/h5,7,13-16,18H,3-4,9-12H2,1-2H3/b7-5+/t16-,18-. The second-order valence-corrected chi connectivity index (χ2v) is 5.99.